The first-order chi connectivity index (χ1) is 10.0. The first-order valence-electron chi connectivity index (χ1n) is 7.62. The highest BCUT2D eigenvalue weighted by Gasteiger charge is 2.23. The van der Waals surface area contributed by atoms with E-state index in [1.54, 1.807) is 0 Å². The van der Waals surface area contributed by atoms with Crippen molar-refractivity contribution < 1.29 is 14.7 Å². The van der Waals surface area contributed by atoms with Crippen LogP contribution in [0, 0.1) is 12.8 Å². The Bertz CT molecular complexity index is 489. The second-order valence-corrected chi connectivity index (χ2v) is 6.00. The van der Waals surface area contributed by atoms with Crippen LogP contribution in [-0.4, -0.2) is 23.0 Å². The molecular formula is C17H23NO3. The van der Waals surface area contributed by atoms with E-state index in [0.29, 0.717) is 18.8 Å². The van der Waals surface area contributed by atoms with Crippen molar-refractivity contribution >= 4 is 11.9 Å². The van der Waals surface area contributed by atoms with E-state index in [2.05, 4.69) is 5.32 Å². The van der Waals surface area contributed by atoms with Crippen molar-refractivity contribution in [3.8, 4) is 0 Å². The quantitative estimate of drug-likeness (QED) is 0.846. The molecule has 4 nitrogen and oxygen atoms in total. The van der Waals surface area contributed by atoms with Crippen molar-refractivity contribution in [1.29, 1.82) is 0 Å². The summed E-state index contributed by atoms with van der Waals surface area (Å²) >= 11 is 0. The third-order valence-corrected chi connectivity index (χ3v) is 4.14. The molecule has 1 atom stereocenters. The molecule has 1 amide bonds. The summed E-state index contributed by atoms with van der Waals surface area (Å²) in [6, 6.07) is 6.88. The van der Waals surface area contributed by atoms with Crippen LogP contribution in [0.5, 0.6) is 0 Å². The van der Waals surface area contributed by atoms with Gasteiger partial charge in [0, 0.05) is 12.8 Å². The Hall–Kier alpha value is -1.84. The van der Waals surface area contributed by atoms with Crippen LogP contribution in [0.2, 0.25) is 0 Å². The largest absolute Gasteiger partial charge is 0.480 e. The maximum absolute atomic E-state index is 12.0. The molecule has 1 aromatic rings. The van der Waals surface area contributed by atoms with E-state index in [4.69, 9.17) is 0 Å². The summed E-state index contributed by atoms with van der Waals surface area (Å²) in [4.78, 5) is 23.3. The molecule has 0 spiro atoms. The number of amides is 1. The number of carbonyl (C=O) groups excluding carboxylic acids is 1. The van der Waals surface area contributed by atoms with Gasteiger partial charge in [-0.25, -0.2) is 4.79 Å². The van der Waals surface area contributed by atoms with E-state index in [1.807, 2.05) is 31.2 Å². The lowest BCUT2D eigenvalue weighted by molar-refractivity contribution is -0.141. The highest BCUT2D eigenvalue weighted by atomic mass is 16.4. The minimum atomic E-state index is -0.977. The molecule has 4 heteroatoms. The number of carboxylic acid groups (broad SMARTS) is 1. The van der Waals surface area contributed by atoms with Crippen LogP contribution in [0.3, 0.4) is 0 Å². The average Bonchev–Trinajstić information content (AvgIpc) is 2.93. The van der Waals surface area contributed by atoms with E-state index < -0.39 is 12.0 Å². The van der Waals surface area contributed by atoms with E-state index >= 15 is 0 Å². The zero-order valence-corrected chi connectivity index (χ0v) is 12.5. The maximum atomic E-state index is 12.0. The molecule has 114 valence electrons. The van der Waals surface area contributed by atoms with Gasteiger partial charge in [0.05, 0.1) is 0 Å². The number of rotatable bonds is 6. The van der Waals surface area contributed by atoms with E-state index in [1.165, 1.54) is 12.8 Å². The van der Waals surface area contributed by atoms with Crippen LogP contribution >= 0.6 is 0 Å². The fourth-order valence-corrected chi connectivity index (χ4v) is 2.89. The molecule has 1 aromatic carbocycles. The summed E-state index contributed by atoms with van der Waals surface area (Å²) in [5.74, 6) is -0.685. The summed E-state index contributed by atoms with van der Waals surface area (Å²) in [7, 11) is 0. The van der Waals surface area contributed by atoms with Crippen molar-refractivity contribution in [2.24, 2.45) is 5.92 Å². The van der Waals surface area contributed by atoms with Gasteiger partial charge >= 0.3 is 5.97 Å². The van der Waals surface area contributed by atoms with Gasteiger partial charge in [-0.05, 0) is 31.2 Å². The second kappa shape index (κ2) is 7.25. The minimum absolute atomic E-state index is 0.138. The van der Waals surface area contributed by atoms with Gasteiger partial charge < -0.3 is 10.4 Å². The molecule has 1 fully saturated rings. The number of aryl methyl sites for hydroxylation is 1. The normalized spacial score (nSPS) is 16.6. The zero-order valence-electron chi connectivity index (χ0n) is 12.5. The van der Waals surface area contributed by atoms with Crippen molar-refractivity contribution in [2.75, 3.05) is 0 Å². The van der Waals surface area contributed by atoms with Crippen LogP contribution < -0.4 is 5.32 Å². The summed E-state index contributed by atoms with van der Waals surface area (Å²) in [5.41, 5.74) is 2.06. The monoisotopic (exact) mass is 289 g/mol. The average molecular weight is 289 g/mol. The van der Waals surface area contributed by atoms with Crippen molar-refractivity contribution in [3.05, 3.63) is 35.4 Å². The van der Waals surface area contributed by atoms with E-state index in [0.717, 1.165) is 24.0 Å². The van der Waals surface area contributed by atoms with Crippen LogP contribution in [0.15, 0.2) is 24.3 Å². The Kier molecular flexibility index (Phi) is 5.37. The molecule has 1 saturated carbocycles. The molecule has 2 rings (SSSR count). The summed E-state index contributed by atoms with van der Waals surface area (Å²) in [5, 5.41) is 12.0. The number of carboxylic acids is 1. The Morgan fingerprint density at radius 1 is 1.24 bits per heavy atom. The van der Waals surface area contributed by atoms with Gasteiger partial charge in [0.25, 0.3) is 0 Å². The predicted molar refractivity (Wildman–Crippen MR) is 81.0 cm³/mol. The Balaban J connectivity index is 1.90. The number of hydrogen-bond acceptors (Lipinski definition) is 2. The lowest BCUT2D eigenvalue weighted by atomic mass is 10.0. The molecular weight excluding hydrogens is 266 g/mol. The second-order valence-electron chi connectivity index (χ2n) is 6.00. The van der Waals surface area contributed by atoms with Crippen LogP contribution in [0.4, 0.5) is 0 Å². The maximum Gasteiger partial charge on any atom is 0.326 e. The molecule has 0 heterocycles. The fourth-order valence-electron chi connectivity index (χ4n) is 2.89. The fraction of sp³-hybridized carbons (Fsp3) is 0.529. The SMILES string of the molecule is Cc1ccc(C[C@@H](NC(=O)CC2CCCC2)C(=O)O)cc1. The smallest absolute Gasteiger partial charge is 0.326 e. The van der Waals surface area contributed by atoms with Gasteiger partial charge in [-0.1, -0.05) is 42.7 Å². The standard InChI is InChI=1S/C17H23NO3/c1-12-6-8-14(9-7-12)10-15(17(20)21)18-16(19)11-13-4-2-3-5-13/h6-9,13,15H,2-5,10-11H2,1H3,(H,18,19)(H,20,21)/t15-/m1/s1. The summed E-state index contributed by atoms with van der Waals surface area (Å²) in [6.07, 6.45) is 5.32. The molecule has 21 heavy (non-hydrogen) atoms. The van der Waals surface area contributed by atoms with Crippen molar-refractivity contribution in [3.63, 3.8) is 0 Å². The Morgan fingerprint density at radius 3 is 2.43 bits per heavy atom. The van der Waals surface area contributed by atoms with Crippen molar-refractivity contribution in [2.45, 2.75) is 51.5 Å². The number of nitrogens with one attached hydrogen (secondary N) is 1. The number of hydrogen-bond donors (Lipinski definition) is 2. The van der Waals surface area contributed by atoms with E-state index in [-0.39, 0.29) is 5.91 Å². The number of benzene rings is 1. The lowest BCUT2D eigenvalue weighted by Crippen LogP contribution is -2.42. The summed E-state index contributed by atoms with van der Waals surface area (Å²) in [6.45, 7) is 1.99. The topological polar surface area (TPSA) is 66.4 Å². The molecule has 1 aliphatic carbocycles. The molecule has 0 aliphatic heterocycles. The molecule has 0 bridgehead atoms. The minimum Gasteiger partial charge on any atom is -0.480 e. The summed E-state index contributed by atoms with van der Waals surface area (Å²) < 4.78 is 0. The van der Waals surface area contributed by atoms with E-state index in [9.17, 15) is 14.7 Å². The van der Waals surface area contributed by atoms with Gasteiger partial charge in [0.1, 0.15) is 6.04 Å². The Morgan fingerprint density at radius 2 is 1.86 bits per heavy atom. The van der Waals surface area contributed by atoms with Gasteiger partial charge in [0.2, 0.25) is 5.91 Å². The third kappa shape index (κ3) is 4.88. The van der Waals surface area contributed by atoms with Crippen molar-refractivity contribution in [1.82, 2.24) is 5.32 Å². The molecule has 0 unspecified atom stereocenters. The highest BCUT2D eigenvalue weighted by molar-refractivity contribution is 5.83. The molecule has 0 radical (unpaired) electrons. The number of aliphatic carboxylic acids is 1. The molecule has 0 saturated heterocycles. The lowest BCUT2D eigenvalue weighted by Gasteiger charge is -2.16. The predicted octanol–water partition coefficient (Wildman–Crippen LogP) is 2.69. The number of carbonyl (C=O) groups is 2. The first kappa shape index (κ1) is 15.5. The van der Waals surface area contributed by atoms with Crippen LogP contribution in [0.25, 0.3) is 0 Å². The van der Waals surface area contributed by atoms with Gasteiger partial charge in [-0.2, -0.15) is 0 Å². The first-order valence-corrected chi connectivity index (χ1v) is 7.62. The van der Waals surface area contributed by atoms with Crippen LogP contribution in [0.1, 0.15) is 43.2 Å². The highest BCUT2D eigenvalue weighted by Crippen LogP contribution is 2.27. The van der Waals surface area contributed by atoms with Crippen LogP contribution in [-0.2, 0) is 16.0 Å². The zero-order chi connectivity index (χ0) is 15.2. The van der Waals surface area contributed by atoms with Gasteiger partial charge in [-0.15, -0.1) is 0 Å². The molecule has 1 aliphatic rings. The Labute approximate surface area is 125 Å². The van der Waals surface area contributed by atoms with Gasteiger partial charge in [-0.3, -0.25) is 4.79 Å². The third-order valence-electron chi connectivity index (χ3n) is 4.14. The molecule has 0 aromatic heterocycles. The van der Waals surface area contributed by atoms with Gasteiger partial charge in [0.15, 0.2) is 0 Å². The molecule has 2 N–H and O–H groups in total.